The Morgan fingerprint density at radius 2 is 2.12 bits per heavy atom. The number of aldehydes is 1. The van der Waals surface area contributed by atoms with Crippen molar-refractivity contribution in [1.29, 1.82) is 0 Å². The summed E-state index contributed by atoms with van der Waals surface area (Å²) in [5.41, 5.74) is -0.905. The lowest BCUT2D eigenvalue weighted by atomic mass is 9.83. The van der Waals surface area contributed by atoms with Gasteiger partial charge in [-0.15, -0.1) is 0 Å². The van der Waals surface area contributed by atoms with E-state index in [2.05, 4.69) is 5.10 Å². The molecule has 1 aromatic carbocycles. The molecule has 16 heavy (non-hydrogen) atoms. The number of amides is 1. The van der Waals surface area contributed by atoms with Gasteiger partial charge in [0.05, 0.1) is 6.21 Å². The third kappa shape index (κ3) is 1.34. The molecule has 0 fully saturated rings. The average molecular weight is 237 g/mol. The van der Waals surface area contributed by atoms with Crippen LogP contribution in [0.4, 0.5) is 0 Å². The molecule has 0 aliphatic carbocycles. The van der Waals surface area contributed by atoms with Gasteiger partial charge < -0.3 is 4.79 Å². The van der Waals surface area contributed by atoms with Crippen molar-refractivity contribution >= 4 is 30.0 Å². The molecule has 1 unspecified atom stereocenters. The monoisotopic (exact) mass is 236 g/mol. The molecule has 2 rings (SSSR count). The van der Waals surface area contributed by atoms with Gasteiger partial charge in [0.15, 0.2) is 5.41 Å². The smallest absolute Gasteiger partial charge is 0.265 e. The fraction of sp³-hybridized carbons (Fsp3) is 0.182. The maximum Gasteiger partial charge on any atom is 0.265 e. The molecule has 4 nitrogen and oxygen atoms in total. The van der Waals surface area contributed by atoms with Crippen molar-refractivity contribution in [2.75, 3.05) is 7.05 Å². The topological polar surface area (TPSA) is 49.7 Å². The minimum atomic E-state index is -1.37. The molecule has 0 aromatic heterocycles. The summed E-state index contributed by atoms with van der Waals surface area (Å²) in [5.74, 6) is -0.393. The highest BCUT2D eigenvalue weighted by Gasteiger charge is 2.46. The molecule has 1 aliphatic heterocycles. The van der Waals surface area contributed by atoms with Gasteiger partial charge in [-0.05, 0) is 11.6 Å². The van der Waals surface area contributed by atoms with E-state index in [1.165, 1.54) is 13.3 Å². The van der Waals surface area contributed by atoms with Crippen molar-refractivity contribution in [2.45, 2.75) is 5.41 Å². The molecule has 0 saturated heterocycles. The average Bonchev–Trinajstić information content (AvgIpc) is 2.58. The zero-order valence-corrected chi connectivity index (χ0v) is 9.31. The Morgan fingerprint density at radius 1 is 1.44 bits per heavy atom. The van der Waals surface area contributed by atoms with Crippen molar-refractivity contribution in [1.82, 2.24) is 5.01 Å². The second kappa shape index (κ2) is 3.72. The number of carbonyl (C=O) groups excluding carboxylic acids is 2. The van der Waals surface area contributed by atoms with Gasteiger partial charge in [0.25, 0.3) is 5.91 Å². The summed E-state index contributed by atoms with van der Waals surface area (Å²) < 4.78 is 0. The summed E-state index contributed by atoms with van der Waals surface area (Å²) in [6.07, 6.45) is 1.90. The van der Waals surface area contributed by atoms with Crippen LogP contribution in [0.3, 0.4) is 0 Å². The van der Waals surface area contributed by atoms with Gasteiger partial charge >= 0.3 is 0 Å². The lowest BCUT2D eigenvalue weighted by Gasteiger charge is -2.19. The van der Waals surface area contributed by atoms with Crippen LogP contribution in [-0.4, -0.2) is 30.5 Å². The molecule has 1 atom stereocenters. The predicted octanol–water partition coefficient (Wildman–Crippen LogP) is 1.23. The molecule has 0 saturated carbocycles. The van der Waals surface area contributed by atoms with Gasteiger partial charge in [-0.2, -0.15) is 5.10 Å². The quantitative estimate of drug-likeness (QED) is 0.573. The summed E-state index contributed by atoms with van der Waals surface area (Å²) in [5, 5.41) is 5.34. The molecule has 0 bridgehead atoms. The summed E-state index contributed by atoms with van der Waals surface area (Å²) in [6, 6.07) is 6.76. The normalized spacial score (nSPS) is 23.9. The maximum atomic E-state index is 11.9. The summed E-state index contributed by atoms with van der Waals surface area (Å²) in [6.45, 7) is 0. The van der Waals surface area contributed by atoms with E-state index in [9.17, 15) is 9.59 Å². The number of halogens is 1. The number of rotatable bonds is 2. The second-order valence-corrected chi connectivity index (χ2v) is 3.95. The van der Waals surface area contributed by atoms with Crippen molar-refractivity contribution in [3.05, 3.63) is 34.9 Å². The van der Waals surface area contributed by atoms with E-state index < -0.39 is 11.3 Å². The van der Waals surface area contributed by atoms with Gasteiger partial charge in [0.2, 0.25) is 0 Å². The Hall–Kier alpha value is -1.68. The molecule has 82 valence electrons. The minimum absolute atomic E-state index is 0.379. The number of carbonyl (C=O) groups is 2. The molecular weight excluding hydrogens is 228 g/mol. The fourth-order valence-electron chi connectivity index (χ4n) is 1.68. The van der Waals surface area contributed by atoms with Crippen molar-refractivity contribution in [3.8, 4) is 0 Å². The highest BCUT2D eigenvalue weighted by Crippen LogP contribution is 2.31. The second-order valence-electron chi connectivity index (χ2n) is 3.54. The van der Waals surface area contributed by atoms with E-state index >= 15 is 0 Å². The number of benzene rings is 1. The van der Waals surface area contributed by atoms with Gasteiger partial charge in [-0.1, -0.05) is 29.8 Å². The molecule has 0 radical (unpaired) electrons. The van der Waals surface area contributed by atoms with Crippen LogP contribution in [0.2, 0.25) is 5.02 Å². The lowest BCUT2D eigenvalue weighted by Crippen LogP contribution is -2.40. The van der Waals surface area contributed by atoms with Crippen molar-refractivity contribution in [3.63, 3.8) is 0 Å². The molecule has 1 heterocycles. The van der Waals surface area contributed by atoms with Crippen LogP contribution >= 0.6 is 11.6 Å². The summed E-state index contributed by atoms with van der Waals surface area (Å²) in [4.78, 5) is 23.2. The first-order valence-electron chi connectivity index (χ1n) is 4.66. The van der Waals surface area contributed by atoms with Gasteiger partial charge in [0, 0.05) is 12.1 Å². The Kier molecular flexibility index (Phi) is 2.52. The molecule has 5 heteroatoms. The Balaban J connectivity index is 2.61. The number of nitrogens with zero attached hydrogens (tertiary/aromatic N) is 2. The highest BCUT2D eigenvalue weighted by molar-refractivity contribution is 6.33. The Bertz CT molecular complexity index is 487. The Labute approximate surface area is 97.5 Å². The van der Waals surface area contributed by atoms with Crippen LogP contribution in [0.15, 0.2) is 29.4 Å². The lowest BCUT2D eigenvalue weighted by molar-refractivity contribution is -0.134. The van der Waals surface area contributed by atoms with E-state index in [0.717, 1.165) is 5.01 Å². The molecule has 1 amide bonds. The zero-order chi connectivity index (χ0) is 11.8. The van der Waals surface area contributed by atoms with Gasteiger partial charge in [0.1, 0.15) is 6.29 Å². The van der Waals surface area contributed by atoms with Crippen LogP contribution < -0.4 is 0 Å². The van der Waals surface area contributed by atoms with E-state index in [1.807, 2.05) is 0 Å². The first-order chi connectivity index (χ1) is 7.62. The van der Waals surface area contributed by atoms with Crippen LogP contribution in [0.25, 0.3) is 0 Å². The van der Waals surface area contributed by atoms with E-state index in [0.29, 0.717) is 16.9 Å². The third-order valence-electron chi connectivity index (χ3n) is 2.59. The van der Waals surface area contributed by atoms with Crippen molar-refractivity contribution in [2.24, 2.45) is 5.10 Å². The zero-order valence-electron chi connectivity index (χ0n) is 8.55. The SMILES string of the molecule is CN1N=CC(C=O)(c2ccccc2Cl)C1=O. The predicted molar refractivity (Wildman–Crippen MR) is 60.5 cm³/mol. The number of likely N-dealkylation sites (N-methyl/N-ethyl adjacent to an activating group) is 1. The standard InChI is InChI=1S/C11H9ClN2O2/c1-14-10(16)11(7-15,6-13-14)8-4-2-3-5-9(8)12/h2-7H,1H3. The Morgan fingerprint density at radius 3 is 2.62 bits per heavy atom. The van der Waals surface area contributed by atoms with Crippen molar-refractivity contribution < 1.29 is 9.59 Å². The molecule has 0 N–H and O–H groups in total. The minimum Gasteiger partial charge on any atom is -0.301 e. The number of hydrogen-bond donors (Lipinski definition) is 0. The largest absolute Gasteiger partial charge is 0.301 e. The van der Waals surface area contributed by atoms with Crippen LogP contribution in [0, 0.1) is 0 Å². The molecule has 1 aromatic rings. The van der Waals surface area contributed by atoms with Crippen LogP contribution in [-0.2, 0) is 15.0 Å². The first kappa shape index (κ1) is 10.8. The van der Waals surface area contributed by atoms with E-state index in [4.69, 9.17) is 11.6 Å². The van der Waals surface area contributed by atoms with E-state index in [1.54, 1.807) is 24.3 Å². The third-order valence-corrected chi connectivity index (χ3v) is 2.92. The molecular formula is C11H9ClN2O2. The number of hydrogen-bond acceptors (Lipinski definition) is 3. The maximum absolute atomic E-state index is 11.9. The first-order valence-corrected chi connectivity index (χ1v) is 5.04. The summed E-state index contributed by atoms with van der Waals surface area (Å²) >= 11 is 5.99. The molecule has 0 spiro atoms. The number of hydrazone groups is 1. The van der Waals surface area contributed by atoms with Crippen LogP contribution in [0.5, 0.6) is 0 Å². The summed E-state index contributed by atoms with van der Waals surface area (Å²) in [7, 11) is 1.50. The van der Waals surface area contributed by atoms with Crippen LogP contribution in [0.1, 0.15) is 5.56 Å². The highest BCUT2D eigenvalue weighted by atomic mass is 35.5. The van der Waals surface area contributed by atoms with E-state index in [-0.39, 0.29) is 0 Å². The fourth-order valence-corrected chi connectivity index (χ4v) is 1.97. The van der Waals surface area contributed by atoms with Gasteiger partial charge in [-0.3, -0.25) is 4.79 Å². The molecule has 1 aliphatic rings. The van der Waals surface area contributed by atoms with Gasteiger partial charge in [-0.25, -0.2) is 5.01 Å².